The second kappa shape index (κ2) is 5.50. The Balaban J connectivity index is 2.30. The van der Waals surface area contributed by atoms with Crippen molar-refractivity contribution in [3.05, 3.63) is 51.5 Å². The molecule has 1 aromatic heterocycles. The highest BCUT2D eigenvalue weighted by molar-refractivity contribution is 6.34. The van der Waals surface area contributed by atoms with Gasteiger partial charge in [-0.2, -0.15) is 0 Å². The molecule has 0 aliphatic rings. The van der Waals surface area contributed by atoms with Crippen LogP contribution >= 0.6 is 23.2 Å². The second-order valence-electron chi connectivity index (χ2n) is 3.78. The average Bonchev–Trinajstić information content (AvgIpc) is 2.36. The van der Waals surface area contributed by atoms with E-state index < -0.39 is 11.7 Å². The molecule has 1 heterocycles. The summed E-state index contributed by atoms with van der Waals surface area (Å²) in [5.41, 5.74) is 1.15. The van der Waals surface area contributed by atoms with E-state index in [1.54, 1.807) is 13.0 Å². The molecule has 4 nitrogen and oxygen atoms in total. The Kier molecular flexibility index (Phi) is 3.97. The van der Waals surface area contributed by atoms with E-state index in [-0.39, 0.29) is 15.9 Å². The van der Waals surface area contributed by atoms with Crippen molar-refractivity contribution in [2.75, 3.05) is 5.32 Å². The summed E-state index contributed by atoms with van der Waals surface area (Å²) in [6.45, 7) is 1.74. The largest absolute Gasteiger partial charge is 0.322 e. The molecule has 0 saturated carbocycles. The van der Waals surface area contributed by atoms with E-state index in [9.17, 15) is 9.18 Å². The molecule has 98 valence electrons. The molecular formula is C12H8Cl2FN3O. The van der Waals surface area contributed by atoms with Crippen LogP contribution in [0.1, 0.15) is 15.9 Å². The van der Waals surface area contributed by atoms with Gasteiger partial charge in [0.15, 0.2) is 10.3 Å². The van der Waals surface area contributed by atoms with Crippen LogP contribution in [0.4, 0.5) is 10.1 Å². The van der Waals surface area contributed by atoms with E-state index in [2.05, 4.69) is 15.5 Å². The molecule has 1 amide bonds. The van der Waals surface area contributed by atoms with E-state index in [0.717, 1.165) is 5.56 Å². The Hall–Kier alpha value is -1.72. The van der Waals surface area contributed by atoms with Gasteiger partial charge in [0.05, 0.1) is 5.56 Å². The maximum atomic E-state index is 13.1. The lowest BCUT2D eigenvalue weighted by Crippen LogP contribution is -2.14. The highest BCUT2D eigenvalue weighted by Crippen LogP contribution is 2.20. The van der Waals surface area contributed by atoms with Gasteiger partial charge in [0.1, 0.15) is 5.82 Å². The van der Waals surface area contributed by atoms with Gasteiger partial charge in [-0.1, -0.05) is 29.3 Å². The highest BCUT2D eigenvalue weighted by Gasteiger charge is 2.14. The number of carbonyl (C=O) groups excluding carboxylic acids is 1. The molecule has 19 heavy (non-hydrogen) atoms. The van der Waals surface area contributed by atoms with Crippen LogP contribution in [-0.2, 0) is 0 Å². The lowest BCUT2D eigenvalue weighted by Gasteiger charge is -2.09. The predicted molar refractivity (Wildman–Crippen MR) is 71.1 cm³/mol. The van der Waals surface area contributed by atoms with Gasteiger partial charge < -0.3 is 5.32 Å². The van der Waals surface area contributed by atoms with Crippen molar-refractivity contribution in [1.82, 2.24) is 10.2 Å². The Labute approximate surface area is 118 Å². The summed E-state index contributed by atoms with van der Waals surface area (Å²) in [6.07, 6.45) is 0. The molecule has 1 aromatic carbocycles. The third kappa shape index (κ3) is 3.19. The monoisotopic (exact) mass is 299 g/mol. The summed E-state index contributed by atoms with van der Waals surface area (Å²) in [6, 6.07) is 5.38. The number of nitrogens with zero attached hydrogens (tertiary/aromatic N) is 2. The molecule has 0 bridgehead atoms. The molecule has 0 aliphatic heterocycles. The van der Waals surface area contributed by atoms with Gasteiger partial charge in [0.2, 0.25) is 0 Å². The van der Waals surface area contributed by atoms with Crippen molar-refractivity contribution < 1.29 is 9.18 Å². The lowest BCUT2D eigenvalue weighted by atomic mass is 10.2. The fourth-order valence-electron chi connectivity index (χ4n) is 1.43. The van der Waals surface area contributed by atoms with Crippen LogP contribution in [0.25, 0.3) is 0 Å². The standard InChI is InChI=1S/C12H8Cl2FN3O/c1-6-2-3-7(15)4-9(6)16-12(19)8-5-10(13)17-18-11(8)14/h2-5H,1H3,(H,16,19). The number of amides is 1. The SMILES string of the molecule is Cc1ccc(F)cc1NC(=O)c1cc(Cl)nnc1Cl. The van der Waals surface area contributed by atoms with Gasteiger partial charge in [-0.3, -0.25) is 4.79 Å². The fourth-order valence-corrected chi connectivity index (χ4v) is 1.76. The molecule has 2 rings (SSSR count). The summed E-state index contributed by atoms with van der Waals surface area (Å²) >= 11 is 11.4. The molecule has 0 radical (unpaired) electrons. The Morgan fingerprint density at radius 1 is 1.26 bits per heavy atom. The third-order valence-electron chi connectivity index (χ3n) is 2.41. The quantitative estimate of drug-likeness (QED) is 0.923. The zero-order chi connectivity index (χ0) is 14.0. The number of nitrogens with one attached hydrogen (secondary N) is 1. The smallest absolute Gasteiger partial charge is 0.258 e. The van der Waals surface area contributed by atoms with Crippen molar-refractivity contribution in [1.29, 1.82) is 0 Å². The first kappa shape index (κ1) is 13.7. The molecule has 0 atom stereocenters. The van der Waals surface area contributed by atoms with Crippen molar-refractivity contribution in [3.63, 3.8) is 0 Å². The fraction of sp³-hybridized carbons (Fsp3) is 0.0833. The summed E-state index contributed by atoms with van der Waals surface area (Å²) < 4.78 is 13.1. The van der Waals surface area contributed by atoms with Crippen LogP contribution in [0.5, 0.6) is 0 Å². The van der Waals surface area contributed by atoms with Crippen LogP contribution in [-0.4, -0.2) is 16.1 Å². The highest BCUT2D eigenvalue weighted by atomic mass is 35.5. The number of aryl methyl sites for hydroxylation is 1. The van der Waals surface area contributed by atoms with Gasteiger partial charge in [-0.05, 0) is 30.7 Å². The van der Waals surface area contributed by atoms with Crippen LogP contribution in [0, 0.1) is 12.7 Å². The van der Waals surface area contributed by atoms with E-state index in [1.165, 1.54) is 18.2 Å². The number of benzene rings is 1. The Bertz CT molecular complexity index is 649. The van der Waals surface area contributed by atoms with Gasteiger partial charge >= 0.3 is 0 Å². The summed E-state index contributed by atoms with van der Waals surface area (Å²) in [4.78, 5) is 12.0. The van der Waals surface area contributed by atoms with Crippen LogP contribution in [0.3, 0.4) is 0 Å². The molecule has 1 N–H and O–H groups in total. The van der Waals surface area contributed by atoms with Crippen LogP contribution < -0.4 is 5.32 Å². The second-order valence-corrected chi connectivity index (χ2v) is 4.53. The van der Waals surface area contributed by atoms with Crippen LogP contribution in [0.15, 0.2) is 24.3 Å². The average molecular weight is 300 g/mol. The zero-order valence-corrected chi connectivity index (χ0v) is 11.3. The van der Waals surface area contributed by atoms with E-state index in [4.69, 9.17) is 23.2 Å². The number of hydrogen-bond acceptors (Lipinski definition) is 3. The molecule has 0 spiro atoms. The molecule has 0 saturated heterocycles. The van der Waals surface area contributed by atoms with Crippen molar-refractivity contribution >= 4 is 34.8 Å². The van der Waals surface area contributed by atoms with Gasteiger partial charge in [-0.15, -0.1) is 10.2 Å². The third-order valence-corrected chi connectivity index (χ3v) is 2.88. The van der Waals surface area contributed by atoms with Gasteiger partial charge in [0, 0.05) is 5.69 Å². The number of aromatic nitrogens is 2. The Morgan fingerprint density at radius 3 is 2.74 bits per heavy atom. The zero-order valence-electron chi connectivity index (χ0n) is 9.75. The van der Waals surface area contributed by atoms with Crippen molar-refractivity contribution in [3.8, 4) is 0 Å². The minimum absolute atomic E-state index is 0.0468. The number of carbonyl (C=O) groups is 1. The minimum atomic E-state index is -0.532. The summed E-state index contributed by atoms with van der Waals surface area (Å²) in [7, 11) is 0. The molecule has 0 aliphatic carbocycles. The number of hydrogen-bond donors (Lipinski definition) is 1. The molecule has 2 aromatic rings. The number of halogens is 3. The van der Waals surface area contributed by atoms with E-state index in [1.807, 2.05) is 0 Å². The molecule has 0 unspecified atom stereocenters. The van der Waals surface area contributed by atoms with Gasteiger partial charge in [-0.25, -0.2) is 4.39 Å². The van der Waals surface area contributed by atoms with Crippen molar-refractivity contribution in [2.24, 2.45) is 0 Å². The lowest BCUT2D eigenvalue weighted by molar-refractivity contribution is 0.102. The number of anilines is 1. The minimum Gasteiger partial charge on any atom is -0.322 e. The van der Waals surface area contributed by atoms with Crippen molar-refractivity contribution in [2.45, 2.75) is 6.92 Å². The van der Waals surface area contributed by atoms with E-state index >= 15 is 0 Å². The maximum absolute atomic E-state index is 13.1. The first-order valence-electron chi connectivity index (χ1n) is 5.23. The number of rotatable bonds is 2. The topological polar surface area (TPSA) is 54.9 Å². The Morgan fingerprint density at radius 2 is 2.00 bits per heavy atom. The molecule has 0 fully saturated rings. The predicted octanol–water partition coefficient (Wildman–Crippen LogP) is 3.48. The summed E-state index contributed by atoms with van der Waals surface area (Å²) in [5.74, 6) is -0.978. The maximum Gasteiger partial charge on any atom is 0.258 e. The van der Waals surface area contributed by atoms with Crippen LogP contribution in [0.2, 0.25) is 10.3 Å². The normalized spacial score (nSPS) is 10.3. The first-order valence-corrected chi connectivity index (χ1v) is 5.99. The molecular weight excluding hydrogens is 292 g/mol. The first-order chi connectivity index (χ1) is 8.97. The van der Waals surface area contributed by atoms with Gasteiger partial charge in [0.25, 0.3) is 5.91 Å². The van der Waals surface area contributed by atoms with E-state index in [0.29, 0.717) is 5.69 Å². The summed E-state index contributed by atoms with van der Waals surface area (Å²) in [5, 5.41) is 9.55. The molecule has 7 heteroatoms.